The van der Waals surface area contributed by atoms with Crippen molar-refractivity contribution < 1.29 is 13.2 Å². The van der Waals surface area contributed by atoms with E-state index in [-0.39, 0.29) is 16.6 Å². The molecule has 0 aliphatic rings. The van der Waals surface area contributed by atoms with Crippen molar-refractivity contribution in [2.24, 2.45) is 0 Å². The van der Waals surface area contributed by atoms with Gasteiger partial charge in [-0.2, -0.15) is 0 Å². The van der Waals surface area contributed by atoms with Crippen LogP contribution in [0.25, 0.3) is 0 Å². The first-order chi connectivity index (χ1) is 11.7. The maximum atomic E-state index is 12.2. The van der Waals surface area contributed by atoms with Crippen molar-refractivity contribution in [2.45, 2.75) is 39.0 Å². The summed E-state index contributed by atoms with van der Waals surface area (Å²) in [6.45, 7) is 8.39. The van der Waals surface area contributed by atoms with Crippen LogP contribution in [0.1, 0.15) is 39.5 Å². The number of hydrogen-bond donors (Lipinski definition) is 1. The molecule has 0 aromatic heterocycles. The molecule has 25 heavy (non-hydrogen) atoms. The molecule has 1 N–H and O–H groups in total. The highest BCUT2D eigenvalue weighted by Crippen LogP contribution is 2.17. The van der Waals surface area contributed by atoms with Crippen molar-refractivity contribution in [3.63, 3.8) is 0 Å². The van der Waals surface area contributed by atoms with Crippen LogP contribution in [0.4, 0.5) is 0 Å². The molecule has 2 rings (SSSR count). The van der Waals surface area contributed by atoms with Gasteiger partial charge in [-0.25, -0.2) is 8.42 Å². The Hall–Kier alpha value is -2.14. The molecule has 0 saturated heterocycles. The van der Waals surface area contributed by atoms with Gasteiger partial charge < -0.3 is 5.32 Å². The summed E-state index contributed by atoms with van der Waals surface area (Å²) < 4.78 is 23.6. The minimum atomic E-state index is -3.24. The summed E-state index contributed by atoms with van der Waals surface area (Å²) in [6, 6.07) is 10.4. The van der Waals surface area contributed by atoms with Gasteiger partial charge in [-0.15, -0.1) is 0 Å². The lowest BCUT2D eigenvalue weighted by atomic mass is 9.97. The zero-order chi connectivity index (χ0) is 18.6. The van der Waals surface area contributed by atoms with Crippen molar-refractivity contribution >= 4 is 15.7 Å². The van der Waals surface area contributed by atoms with E-state index in [2.05, 4.69) is 38.2 Å². The molecular weight excluding hydrogens is 334 g/mol. The normalized spacial score (nSPS) is 11.4. The number of amides is 1. The quantitative estimate of drug-likeness (QED) is 0.860. The Morgan fingerprint density at radius 1 is 1.00 bits per heavy atom. The maximum Gasteiger partial charge on any atom is 0.251 e. The monoisotopic (exact) mass is 359 g/mol. The summed E-state index contributed by atoms with van der Waals surface area (Å²) in [5, 5.41) is 2.90. The zero-order valence-corrected chi connectivity index (χ0v) is 16.0. The molecule has 0 aliphatic heterocycles. The molecule has 0 bridgehead atoms. The predicted octanol–water partition coefficient (Wildman–Crippen LogP) is 3.38. The van der Waals surface area contributed by atoms with Gasteiger partial charge >= 0.3 is 0 Å². The summed E-state index contributed by atoms with van der Waals surface area (Å²) in [6.07, 6.45) is 0.770. The van der Waals surface area contributed by atoms with Gasteiger partial charge in [-0.05, 0) is 68.1 Å². The second-order valence-electron chi connectivity index (χ2n) is 6.31. The fourth-order valence-corrected chi connectivity index (χ4v) is 3.87. The fraction of sp³-hybridized carbons (Fsp3) is 0.350. The van der Waals surface area contributed by atoms with Gasteiger partial charge in [0.15, 0.2) is 9.84 Å². The highest BCUT2D eigenvalue weighted by atomic mass is 32.2. The van der Waals surface area contributed by atoms with E-state index in [9.17, 15) is 13.2 Å². The van der Waals surface area contributed by atoms with E-state index in [0.29, 0.717) is 12.1 Å². The van der Waals surface area contributed by atoms with E-state index in [4.69, 9.17) is 0 Å². The van der Waals surface area contributed by atoms with E-state index >= 15 is 0 Å². The Bertz CT molecular complexity index is 845. The Balaban J connectivity index is 1.99. The van der Waals surface area contributed by atoms with Crippen LogP contribution >= 0.6 is 0 Å². The van der Waals surface area contributed by atoms with Gasteiger partial charge in [-0.3, -0.25) is 4.79 Å². The van der Waals surface area contributed by atoms with Gasteiger partial charge in [-0.1, -0.05) is 24.6 Å². The molecule has 2 aromatic carbocycles. The summed E-state index contributed by atoms with van der Waals surface area (Å²) in [5.41, 5.74) is 5.44. The first-order valence-corrected chi connectivity index (χ1v) is 10.1. The Morgan fingerprint density at radius 2 is 1.56 bits per heavy atom. The largest absolute Gasteiger partial charge is 0.352 e. The Labute approximate surface area is 150 Å². The summed E-state index contributed by atoms with van der Waals surface area (Å²) in [4.78, 5) is 12.5. The molecule has 134 valence electrons. The molecular formula is C20H25NO3S. The SMILES string of the molecule is CCS(=O)(=O)c1ccc(C(=O)NCCc2c(C)cc(C)cc2C)cc1. The van der Waals surface area contributed by atoms with Crippen LogP contribution < -0.4 is 5.32 Å². The average molecular weight is 359 g/mol. The Morgan fingerprint density at radius 3 is 2.08 bits per heavy atom. The lowest BCUT2D eigenvalue weighted by Crippen LogP contribution is -2.26. The third-order valence-corrected chi connectivity index (χ3v) is 6.11. The number of nitrogens with one attached hydrogen (secondary N) is 1. The number of carbonyl (C=O) groups excluding carboxylic acids is 1. The third-order valence-electron chi connectivity index (χ3n) is 4.36. The van der Waals surface area contributed by atoms with E-state index in [1.165, 1.54) is 34.4 Å². The molecule has 0 atom stereocenters. The van der Waals surface area contributed by atoms with Crippen molar-refractivity contribution in [2.75, 3.05) is 12.3 Å². The maximum absolute atomic E-state index is 12.2. The van der Waals surface area contributed by atoms with E-state index in [0.717, 1.165) is 6.42 Å². The van der Waals surface area contributed by atoms with Crippen LogP contribution in [0.15, 0.2) is 41.3 Å². The minimum Gasteiger partial charge on any atom is -0.352 e. The van der Waals surface area contributed by atoms with Crippen LogP contribution in [0.3, 0.4) is 0 Å². The van der Waals surface area contributed by atoms with Crippen molar-refractivity contribution in [3.05, 3.63) is 64.2 Å². The lowest BCUT2D eigenvalue weighted by molar-refractivity contribution is 0.0954. The van der Waals surface area contributed by atoms with Crippen LogP contribution in [0.2, 0.25) is 0 Å². The zero-order valence-electron chi connectivity index (χ0n) is 15.2. The number of carbonyl (C=O) groups is 1. The number of aryl methyl sites for hydroxylation is 3. The van der Waals surface area contributed by atoms with Gasteiger partial charge in [0.1, 0.15) is 0 Å². The fourth-order valence-electron chi connectivity index (χ4n) is 2.99. The molecule has 0 aliphatic carbocycles. The van der Waals surface area contributed by atoms with E-state index < -0.39 is 9.84 Å². The van der Waals surface area contributed by atoms with Gasteiger partial charge in [0.25, 0.3) is 5.91 Å². The summed E-state index contributed by atoms with van der Waals surface area (Å²) in [7, 11) is -3.24. The van der Waals surface area contributed by atoms with Crippen LogP contribution in [0, 0.1) is 20.8 Å². The highest BCUT2D eigenvalue weighted by Gasteiger charge is 2.13. The molecule has 0 heterocycles. The molecule has 0 fully saturated rings. The molecule has 2 aromatic rings. The molecule has 4 nitrogen and oxygen atoms in total. The van der Waals surface area contributed by atoms with Crippen molar-refractivity contribution in [1.29, 1.82) is 0 Å². The summed E-state index contributed by atoms with van der Waals surface area (Å²) >= 11 is 0. The third kappa shape index (κ3) is 4.69. The molecule has 1 amide bonds. The lowest BCUT2D eigenvalue weighted by Gasteiger charge is -2.12. The summed E-state index contributed by atoms with van der Waals surface area (Å²) in [5.74, 6) is -0.142. The first-order valence-electron chi connectivity index (χ1n) is 8.42. The van der Waals surface area contributed by atoms with Crippen LogP contribution in [-0.2, 0) is 16.3 Å². The number of sulfone groups is 1. The molecule has 5 heteroatoms. The average Bonchev–Trinajstić information content (AvgIpc) is 2.57. The topological polar surface area (TPSA) is 63.2 Å². The number of rotatable bonds is 6. The smallest absolute Gasteiger partial charge is 0.251 e. The van der Waals surface area contributed by atoms with Crippen LogP contribution in [0.5, 0.6) is 0 Å². The molecule has 0 saturated carbocycles. The Kier molecular flexibility index (Phi) is 6.01. The highest BCUT2D eigenvalue weighted by molar-refractivity contribution is 7.91. The van der Waals surface area contributed by atoms with E-state index in [1.54, 1.807) is 19.1 Å². The first kappa shape index (κ1) is 19.2. The van der Waals surface area contributed by atoms with E-state index in [1.807, 2.05) is 0 Å². The number of benzene rings is 2. The van der Waals surface area contributed by atoms with Gasteiger partial charge in [0, 0.05) is 12.1 Å². The van der Waals surface area contributed by atoms with Gasteiger partial charge in [0.2, 0.25) is 0 Å². The second kappa shape index (κ2) is 7.83. The molecule has 0 spiro atoms. The molecule has 0 radical (unpaired) electrons. The van der Waals surface area contributed by atoms with Crippen molar-refractivity contribution in [1.82, 2.24) is 5.32 Å². The second-order valence-corrected chi connectivity index (χ2v) is 8.59. The number of hydrogen-bond acceptors (Lipinski definition) is 3. The van der Waals surface area contributed by atoms with Crippen LogP contribution in [-0.4, -0.2) is 26.6 Å². The standard InChI is InChI=1S/C20H25NO3S/c1-5-25(23,24)18-8-6-17(7-9-18)20(22)21-11-10-19-15(3)12-14(2)13-16(19)4/h6-9,12-13H,5,10-11H2,1-4H3,(H,21,22). The predicted molar refractivity (Wildman–Crippen MR) is 101 cm³/mol. The van der Waals surface area contributed by atoms with Gasteiger partial charge in [0.05, 0.1) is 10.6 Å². The molecule has 0 unspecified atom stereocenters. The van der Waals surface area contributed by atoms with Crippen molar-refractivity contribution in [3.8, 4) is 0 Å². The minimum absolute atomic E-state index is 0.0494.